The van der Waals surface area contributed by atoms with Gasteiger partial charge in [-0.05, 0) is 44.7 Å². The number of aryl methyl sites for hydroxylation is 1. The SMILES string of the molecule is CCOC(C1CC1)C(O)c1ccc(C)s1. The zero-order valence-corrected chi connectivity index (χ0v) is 10.1. The third kappa shape index (κ3) is 2.60. The van der Waals surface area contributed by atoms with Gasteiger partial charge in [0, 0.05) is 16.4 Å². The van der Waals surface area contributed by atoms with E-state index in [-0.39, 0.29) is 6.10 Å². The van der Waals surface area contributed by atoms with Crippen molar-refractivity contribution in [3.63, 3.8) is 0 Å². The van der Waals surface area contributed by atoms with E-state index in [1.165, 1.54) is 17.7 Å². The van der Waals surface area contributed by atoms with Crippen LogP contribution in [0.1, 0.15) is 35.6 Å². The van der Waals surface area contributed by atoms with Gasteiger partial charge in [-0.3, -0.25) is 0 Å². The average Bonchev–Trinajstić information content (AvgIpc) is 2.96. The third-order valence-corrected chi connectivity index (χ3v) is 3.88. The first kappa shape index (κ1) is 11.1. The van der Waals surface area contributed by atoms with Gasteiger partial charge < -0.3 is 9.84 Å². The number of hydrogen-bond acceptors (Lipinski definition) is 3. The first-order valence-electron chi connectivity index (χ1n) is 5.58. The van der Waals surface area contributed by atoms with Crippen molar-refractivity contribution in [1.82, 2.24) is 0 Å². The van der Waals surface area contributed by atoms with E-state index in [0.717, 1.165) is 4.88 Å². The van der Waals surface area contributed by atoms with E-state index in [4.69, 9.17) is 4.74 Å². The molecule has 0 spiro atoms. The summed E-state index contributed by atoms with van der Waals surface area (Å²) in [6.07, 6.45) is 1.97. The second-order valence-corrected chi connectivity index (χ2v) is 5.47. The van der Waals surface area contributed by atoms with Crippen LogP contribution in [0.5, 0.6) is 0 Å². The maximum absolute atomic E-state index is 10.2. The van der Waals surface area contributed by atoms with E-state index in [0.29, 0.717) is 12.5 Å². The van der Waals surface area contributed by atoms with Gasteiger partial charge in [0.25, 0.3) is 0 Å². The second kappa shape index (κ2) is 4.64. The highest BCUT2D eigenvalue weighted by molar-refractivity contribution is 7.12. The fourth-order valence-corrected chi connectivity index (χ4v) is 2.78. The molecule has 0 bridgehead atoms. The number of rotatable bonds is 5. The van der Waals surface area contributed by atoms with Crippen molar-refractivity contribution in [2.75, 3.05) is 6.61 Å². The molecule has 2 unspecified atom stereocenters. The molecule has 1 N–H and O–H groups in total. The van der Waals surface area contributed by atoms with Crippen molar-refractivity contribution >= 4 is 11.3 Å². The number of thiophene rings is 1. The van der Waals surface area contributed by atoms with Gasteiger partial charge in [0.05, 0.1) is 6.10 Å². The minimum absolute atomic E-state index is 0.00745. The zero-order chi connectivity index (χ0) is 10.8. The Bertz CT molecular complexity index is 317. The predicted molar refractivity (Wildman–Crippen MR) is 62.2 cm³/mol. The van der Waals surface area contributed by atoms with Crippen LogP contribution in [0, 0.1) is 12.8 Å². The Morgan fingerprint density at radius 1 is 1.53 bits per heavy atom. The molecular weight excluding hydrogens is 208 g/mol. The van der Waals surface area contributed by atoms with Gasteiger partial charge in [-0.1, -0.05) is 0 Å². The van der Waals surface area contributed by atoms with Crippen molar-refractivity contribution in [3.8, 4) is 0 Å². The lowest BCUT2D eigenvalue weighted by molar-refractivity contribution is -0.0447. The smallest absolute Gasteiger partial charge is 0.115 e. The molecule has 0 amide bonds. The number of ether oxygens (including phenoxy) is 1. The van der Waals surface area contributed by atoms with Crippen molar-refractivity contribution in [3.05, 3.63) is 21.9 Å². The molecule has 0 aromatic carbocycles. The summed E-state index contributed by atoms with van der Waals surface area (Å²) in [4.78, 5) is 2.29. The summed E-state index contributed by atoms with van der Waals surface area (Å²) in [5, 5.41) is 10.2. The monoisotopic (exact) mass is 226 g/mol. The van der Waals surface area contributed by atoms with Gasteiger partial charge in [0.1, 0.15) is 6.10 Å². The van der Waals surface area contributed by atoms with Crippen molar-refractivity contribution in [2.24, 2.45) is 5.92 Å². The van der Waals surface area contributed by atoms with Crippen LogP contribution in [-0.4, -0.2) is 17.8 Å². The van der Waals surface area contributed by atoms with Crippen LogP contribution in [0.25, 0.3) is 0 Å². The molecule has 3 heteroatoms. The summed E-state index contributed by atoms with van der Waals surface area (Å²) < 4.78 is 5.65. The molecule has 0 radical (unpaired) electrons. The Morgan fingerprint density at radius 2 is 2.27 bits per heavy atom. The van der Waals surface area contributed by atoms with Crippen LogP contribution in [0.4, 0.5) is 0 Å². The molecule has 1 aliphatic carbocycles. The van der Waals surface area contributed by atoms with E-state index in [1.54, 1.807) is 11.3 Å². The van der Waals surface area contributed by atoms with Gasteiger partial charge in [-0.2, -0.15) is 0 Å². The summed E-state index contributed by atoms with van der Waals surface area (Å²) in [6, 6.07) is 4.07. The minimum Gasteiger partial charge on any atom is -0.385 e. The number of aliphatic hydroxyl groups is 1. The maximum Gasteiger partial charge on any atom is 0.115 e. The number of hydrogen-bond donors (Lipinski definition) is 1. The summed E-state index contributed by atoms with van der Waals surface area (Å²) >= 11 is 1.67. The zero-order valence-electron chi connectivity index (χ0n) is 9.27. The molecule has 1 heterocycles. The Morgan fingerprint density at radius 3 is 2.73 bits per heavy atom. The highest BCUT2D eigenvalue weighted by Gasteiger charge is 2.37. The lowest BCUT2D eigenvalue weighted by Gasteiger charge is -2.21. The van der Waals surface area contributed by atoms with Crippen molar-refractivity contribution in [2.45, 2.75) is 38.9 Å². The molecular formula is C12H18O2S. The topological polar surface area (TPSA) is 29.5 Å². The Balaban J connectivity index is 2.06. The van der Waals surface area contributed by atoms with Crippen LogP contribution in [0.2, 0.25) is 0 Å². The van der Waals surface area contributed by atoms with Crippen LogP contribution in [-0.2, 0) is 4.74 Å². The van der Waals surface area contributed by atoms with Crippen LogP contribution in [0.3, 0.4) is 0 Å². The summed E-state index contributed by atoms with van der Waals surface area (Å²) in [7, 11) is 0. The van der Waals surface area contributed by atoms with Crippen molar-refractivity contribution < 1.29 is 9.84 Å². The van der Waals surface area contributed by atoms with Crippen LogP contribution >= 0.6 is 11.3 Å². The lowest BCUT2D eigenvalue weighted by atomic mass is 10.1. The molecule has 1 aromatic rings. The second-order valence-electron chi connectivity index (χ2n) is 4.15. The van der Waals surface area contributed by atoms with E-state index in [2.05, 4.69) is 13.0 Å². The molecule has 84 valence electrons. The molecule has 1 fully saturated rings. The van der Waals surface area contributed by atoms with Gasteiger partial charge in [-0.15, -0.1) is 11.3 Å². The van der Waals surface area contributed by atoms with Gasteiger partial charge in [-0.25, -0.2) is 0 Å². The quantitative estimate of drug-likeness (QED) is 0.836. The Hall–Kier alpha value is -0.380. The minimum atomic E-state index is -0.434. The third-order valence-electron chi connectivity index (χ3n) is 2.81. The molecule has 15 heavy (non-hydrogen) atoms. The first-order chi connectivity index (χ1) is 7.22. The Labute approximate surface area is 94.9 Å². The van der Waals surface area contributed by atoms with E-state index in [1.807, 2.05) is 13.0 Å². The summed E-state index contributed by atoms with van der Waals surface area (Å²) in [5.41, 5.74) is 0. The Kier molecular flexibility index (Phi) is 3.44. The average molecular weight is 226 g/mol. The standard InChI is InChI=1S/C12H18O2S/c1-3-14-12(9-5-6-9)11(13)10-7-4-8(2)15-10/h4,7,9,11-13H,3,5-6H2,1-2H3. The van der Waals surface area contributed by atoms with Crippen molar-refractivity contribution in [1.29, 1.82) is 0 Å². The van der Waals surface area contributed by atoms with E-state index in [9.17, 15) is 5.11 Å². The molecule has 0 saturated heterocycles. The predicted octanol–water partition coefficient (Wildman–Crippen LogP) is 2.91. The van der Waals surface area contributed by atoms with Gasteiger partial charge in [0.2, 0.25) is 0 Å². The molecule has 2 nitrogen and oxygen atoms in total. The highest BCUT2D eigenvalue weighted by atomic mass is 32.1. The van der Waals surface area contributed by atoms with Crippen LogP contribution < -0.4 is 0 Å². The molecule has 1 aliphatic rings. The van der Waals surface area contributed by atoms with Gasteiger partial charge in [0.15, 0.2) is 0 Å². The normalized spacial score (nSPS) is 20.2. The molecule has 2 atom stereocenters. The molecule has 0 aliphatic heterocycles. The number of aliphatic hydroxyl groups excluding tert-OH is 1. The van der Waals surface area contributed by atoms with E-state index >= 15 is 0 Å². The lowest BCUT2D eigenvalue weighted by Crippen LogP contribution is -2.23. The largest absolute Gasteiger partial charge is 0.385 e. The maximum atomic E-state index is 10.2. The molecule has 1 saturated carbocycles. The molecule has 1 aromatic heterocycles. The van der Waals surface area contributed by atoms with Crippen LogP contribution in [0.15, 0.2) is 12.1 Å². The fourth-order valence-electron chi connectivity index (χ4n) is 1.88. The van der Waals surface area contributed by atoms with Gasteiger partial charge >= 0.3 is 0 Å². The highest BCUT2D eigenvalue weighted by Crippen LogP contribution is 2.41. The van der Waals surface area contributed by atoms with E-state index < -0.39 is 6.10 Å². The first-order valence-corrected chi connectivity index (χ1v) is 6.40. The molecule has 2 rings (SSSR count). The fraction of sp³-hybridized carbons (Fsp3) is 0.667. The summed E-state index contributed by atoms with van der Waals surface area (Å²) in [6.45, 7) is 4.73. The summed E-state index contributed by atoms with van der Waals surface area (Å²) in [5.74, 6) is 0.572.